The Kier molecular flexibility index (Phi) is 3.85. The molecule has 0 saturated heterocycles. The van der Waals surface area contributed by atoms with Crippen LogP contribution < -0.4 is 15.0 Å². The number of likely N-dealkylation sites (N-methyl/N-ethyl adjacent to an activating group) is 1. The van der Waals surface area contributed by atoms with Crippen molar-refractivity contribution in [2.75, 3.05) is 23.9 Å². The molecule has 6 heteroatoms. The molecule has 0 aromatic heterocycles. The van der Waals surface area contributed by atoms with Crippen molar-refractivity contribution in [3.8, 4) is 5.75 Å². The lowest BCUT2D eigenvalue weighted by molar-refractivity contribution is -0.120. The van der Waals surface area contributed by atoms with E-state index in [1.54, 1.807) is 37.4 Å². The van der Waals surface area contributed by atoms with Crippen LogP contribution in [0.1, 0.15) is 10.4 Å². The van der Waals surface area contributed by atoms with Crippen molar-refractivity contribution >= 4 is 39.1 Å². The van der Waals surface area contributed by atoms with Crippen molar-refractivity contribution < 1.29 is 14.3 Å². The lowest BCUT2D eigenvalue weighted by Gasteiger charge is -2.26. The van der Waals surface area contributed by atoms with Gasteiger partial charge in [0, 0.05) is 17.2 Å². The van der Waals surface area contributed by atoms with Gasteiger partial charge in [0.1, 0.15) is 5.75 Å². The van der Waals surface area contributed by atoms with E-state index in [-0.39, 0.29) is 18.4 Å². The first-order chi connectivity index (χ1) is 10.6. The number of nitrogens with one attached hydrogen (secondary N) is 1. The van der Waals surface area contributed by atoms with Crippen molar-refractivity contribution in [2.45, 2.75) is 0 Å². The lowest BCUT2D eigenvalue weighted by Crippen LogP contribution is -2.35. The topological polar surface area (TPSA) is 58.6 Å². The van der Waals surface area contributed by atoms with Crippen molar-refractivity contribution in [1.82, 2.24) is 0 Å². The molecule has 0 spiro atoms. The molecular weight excluding hydrogens is 348 g/mol. The standard InChI is InChI=1S/C16H13BrN2O3/c1-19-13-8-10(6-7-14(13)22-9-15(19)20)18-16(21)11-4-2-3-5-12(11)17/h2-8H,9H2,1H3,(H,18,21). The highest BCUT2D eigenvalue weighted by atomic mass is 79.9. The normalized spacial score (nSPS) is 13.4. The van der Waals surface area contributed by atoms with Crippen LogP contribution in [0.15, 0.2) is 46.9 Å². The highest BCUT2D eigenvalue weighted by Gasteiger charge is 2.22. The maximum Gasteiger partial charge on any atom is 0.264 e. The zero-order chi connectivity index (χ0) is 15.7. The molecule has 112 valence electrons. The number of amides is 2. The molecule has 0 fully saturated rings. The van der Waals surface area contributed by atoms with Crippen molar-refractivity contribution in [2.24, 2.45) is 0 Å². The smallest absolute Gasteiger partial charge is 0.264 e. The molecule has 0 saturated carbocycles. The maximum absolute atomic E-state index is 12.3. The number of benzene rings is 2. The van der Waals surface area contributed by atoms with Crippen LogP contribution in [0.2, 0.25) is 0 Å². The number of hydrogen-bond acceptors (Lipinski definition) is 3. The lowest BCUT2D eigenvalue weighted by atomic mass is 10.2. The maximum atomic E-state index is 12.3. The SMILES string of the molecule is CN1C(=O)COc2ccc(NC(=O)c3ccccc3Br)cc21. The molecule has 2 aromatic rings. The molecule has 5 nitrogen and oxygen atoms in total. The Morgan fingerprint density at radius 3 is 2.82 bits per heavy atom. The summed E-state index contributed by atoms with van der Waals surface area (Å²) in [5.41, 5.74) is 1.78. The van der Waals surface area contributed by atoms with Crippen LogP contribution >= 0.6 is 15.9 Å². The third kappa shape index (κ3) is 2.69. The van der Waals surface area contributed by atoms with Gasteiger partial charge in [0.2, 0.25) is 0 Å². The quantitative estimate of drug-likeness (QED) is 0.895. The summed E-state index contributed by atoms with van der Waals surface area (Å²) in [6.45, 7) is 0.0339. The van der Waals surface area contributed by atoms with E-state index in [1.165, 1.54) is 4.90 Å². The fraction of sp³-hybridized carbons (Fsp3) is 0.125. The predicted octanol–water partition coefficient (Wildman–Crippen LogP) is 3.06. The Morgan fingerprint density at radius 1 is 1.27 bits per heavy atom. The monoisotopic (exact) mass is 360 g/mol. The molecule has 1 aliphatic heterocycles. The summed E-state index contributed by atoms with van der Waals surface area (Å²) in [6.07, 6.45) is 0. The molecular formula is C16H13BrN2O3. The van der Waals surface area contributed by atoms with Crippen molar-refractivity contribution in [3.63, 3.8) is 0 Å². The second kappa shape index (κ2) is 5.81. The average Bonchev–Trinajstić information content (AvgIpc) is 2.52. The molecule has 0 bridgehead atoms. The minimum absolute atomic E-state index is 0.0339. The van der Waals surface area contributed by atoms with Gasteiger partial charge in [-0.2, -0.15) is 0 Å². The highest BCUT2D eigenvalue weighted by Crippen LogP contribution is 2.33. The number of carbonyl (C=O) groups excluding carboxylic acids is 2. The van der Waals surface area contributed by atoms with Crippen LogP contribution in [0.3, 0.4) is 0 Å². The highest BCUT2D eigenvalue weighted by molar-refractivity contribution is 9.10. The summed E-state index contributed by atoms with van der Waals surface area (Å²) in [6, 6.07) is 12.4. The summed E-state index contributed by atoms with van der Waals surface area (Å²) in [5, 5.41) is 2.82. The fourth-order valence-electron chi connectivity index (χ4n) is 2.19. The van der Waals surface area contributed by atoms with Gasteiger partial charge in [-0.25, -0.2) is 0 Å². The van der Waals surface area contributed by atoms with Crippen molar-refractivity contribution in [1.29, 1.82) is 0 Å². The van der Waals surface area contributed by atoms with E-state index >= 15 is 0 Å². The van der Waals surface area contributed by atoms with E-state index in [0.29, 0.717) is 22.7 Å². The van der Waals surface area contributed by atoms with E-state index in [0.717, 1.165) is 4.47 Å². The number of halogens is 1. The average molecular weight is 361 g/mol. The van der Waals surface area contributed by atoms with Crippen LogP contribution in [-0.4, -0.2) is 25.5 Å². The first-order valence-electron chi connectivity index (χ1n) is 6.65. The third-order valence-corrected chi connectivity index (χ3v) is 4.11. The van der Waals surface area contributed by atoms with E-state index in [4.69, 9.17) is 4.74 Å². The molecule has 0 radical (unpaired) electrons. The molecule has 2 aromatic carbocycles. The van der Waals surface area contributed by atoms with E-state index in [2.05, 4.69) is 21.2 Å². The second-order valence-corrected chi connectivity index (χ2v) is 5.71. The van der Waals surface area contributed by atoms with E-state index in [1.807, 2.05) is 12.1 Å². The molecule has 3 rings (SSSR count). The molecule has 22 heavy (non-hydrogen) atoms. The molecule has 0 unspecified atom stereocenters. The van der Waals surface area contributed by atoms with Crippen LogP contribution in [0, 0.1) is 0 Å². The van der Waals surface area contributed by atoms with E-state index in [9.17, 15) is 9.59 Å². The third-order valence-electron chi connectivity index (χ3n) is 3.42. The number of rotatable bonds is 2. The van der Waals surface area contributed by atoms with Gasteiger partial charge in [0.15, 0.2) is 6.61 Å². The number of hydrogen-bond donors (Lipinski definition) is 1. The Morgan fingerprint density at radius 2 is 2.05 bits per heavy atom. The van der Waals surface area contributed by atoms with Crippen LogP contribution in [0.4, 0.5) is 11.4 Å². The fourth-order valence-corrected chi connectivity index (χ4v) is 2.66. The zero-order valence-corrected chi connectivity index (χ0v) is 13.4. The van der Waals surface area contributed by atoms with Crippen LogP contribution in [0.25, 0.3) is 0 Å². The summed E-state index contributed by atoms with van der Waals surface area (Å²) in [4.78, 5) is 25.5. The Bertz CT molecular complexity index is 761. The van der Waals surface area contributed by atoms with E-state index < -0.39 is 0 Å². The zero-order valence-electron chi connectivity index (χ0n) is 11.8. The number of ether oxygens (including phenoxy) is 1. The predicted molar refractivity (Wildman–Crippen MR) is 87.4 cm³/mol. The van der Waals surface area contributed by atoms with Crippen molar-refractivity contribution in [3.05, 3.63) is 52.5 Å². The molecule has 1 N–H and O–H groups in total. The van der Waals surface area contributed by atoms with Gasteiger partial charge in [0.05, 0.1) is 11.3 Å². The van der Waals surface area contributed by atoms with Gasteiger partial charge in [-0.3, -0.25) is 9.59 Å². The van der Waals surface area contributed by atoms with Gasteiger partial charge in [-0.15, -0.1) is 0 Å². The summed E-state index contributed by atoms with van der Waals surface area (Å²) >= 11 is 3.35. The minimum atomic E-state index is -0.224. The van der Waals surface area contributed by atoms with Gasteiger partial charge in [-0.05, 0) is 46.3 Å². The first kappa shape index (κ1) is 14.6. The molecule has 1 heterocycles. The number of anilines is 2. The summed E-state index contributed by atoms with van der Waals surface area (Å²) < 4.78 is 6.08. The Balaban J connectivity index is 1.86. The number of carbonyl (C=O) groups is 2. The number of nitrogens with zero attached hydrogens (tertiary/aromatic N) is 1. The number of fused-ring (bicyclic) bond motifs is 1. The summed E-state index contributed by atoms with van der Waals surface area (Å²) in [5.74, 6) is 0.279. The van der Waals surface area contributed by atoms with Gasteiger partial charge in [-0.1, -0.05) is 12.1 Å². The Hall–Kier alpha value is -2.34. The Labute approximate surface area is 136 Å². The van der Waals surface area contributed by atoms with Crippen LogP contribution in [0.5, 0.6) is 5.75 Å². The largest absolute Gasteiger partial charge is 0.482 e. The minimum Gasteiger partial charge on any atom is -0.482 e. The first-order valence-corrected chi connectivity index (χ1v) is 7.45. The molecule has 0 atom stereocenters. The van der Waals surface area contributed by atoms with Crippen LogP contribution in [-0.2, 0) is 4.79 Å². The second-order valence-electron chi connectivity index (χ2n) is 4.86. The van der Waals surface area contributed by atoms with Gasteiger partial charge < -0.3 is 15.0 Å². The van der Waals surface area contributed by atoms with Gasteiger partial charge in [0.25, 0.3) is 11.8 Å². The molecule has 2 amide bonds. The van der Waals surface area contributed by atoms with Gasteiger partial charge >= 0.3 is 0 Å². The summed E-state index contributed by atoms with van der Waals surface area (Å²) in [7, 11) is 1.68. The molecule has 0 aliphatic carbocycles. The molecule has 1 aliphatic rings.